The van der Waals surface area contributed by atoms with Gasteiger partial charge in [-0.1, -0.05) is 0 Å². The van der Waals surface area contributed by atoms with Crippen LogP contribution in [0.5, 0.6) is 5.75 Å². The number of amides is 1. The summed E-state index contributed by atoms with van der Waals surface area (Å²) in [6.07, 6.45) is 0.205. The Kier molecular flexibility index (Phi) is 4.67. The van der Waals surface area contributed by atoms with Gasteiger partial charge in [0.05, 0.1) is 11.6 Å². The van der Waals surface area contributed by atoms with Crippen LogP contribution in [0.15, 0.2) is 24.3 Å². The molecule has 0 heterocycles. The molecule has 1 amide bonds. The van der Waals surface area contributed by atoms with Gasteiger partial charge in [-0.3, -0.25) is 4.79 Å². The van der Waals surface area contributed by atoms with Gasteiger partial charge in [-0.15, -0.1) is 0 Å². The van der Waals surface area contributed by atoms with Crippen LogP contribution in [0.1, 0.15) is 20.3 Å². The highest BCUT2D eigenvalue weighted by Gasteiger charge is 2.31. The van der Waals surface area contributed by atoms with Gasteiger partial charge < -0.3 is 15.8 Å². The van der Waals surface area contributed by atoms with E-state index in [2.05, 4.69) is 5.32 Å². The summed E-state index contributed by atoms with van der Waals surface area (Å²) >= 11 is 0. The lowest BCUT2D eigenvalue weighted by atomic mass is 9.94. The Labute approximate surface area is 106 Å². The van der Waals surface area contributed by atoms with Crippen LogP contribution in [0.2, 0.25) is 0 Å². The molecule has 0 bridgehead atoms. The molecule has 1 aromatic carbocycles. The molecule has 0 radical (unpaired) electrons. The lowest BCUT2D eigenvalue weighted by Crippen LogP contribution is -2.53. The Morgan fingerprint density at radius 1 is 1.50 bits per heavy atom. The Balaban J connectivity index is 2.63. The van der Waals surface area contributed by atoms with E-state index in [1.54, 1.807) is 26.1 Å². The monoisotopic (exact) mass is 254 g/mol. The molecule has 0 fully saturated rings. The van der Waals surface area contributed by atoms with Gasteiger partial charge >= 0.3 is 0 Å². The van der Waals surface area contributed by atoms with E-state index in [1.807, 2.05) is 6.92 Å². The van der Waals surface area contributed by atoms with Gasteiger partial charge in [-0.2, -0.15) is 0 Å². The second-order valence-corrected chi connectivity index (χ2v) is 4.53. The van der Waals surface area contributed by atoms with Crippen molar-refractivity contribution in [3.8, 4) is 5.75 Å². The van der Waals surface area contributed by atoms with Gasteiger partial charge in [0, 0.05) is 6.42 Å². The number of hydrogen-bond acceptors (Lipinski definition) is 3. The van der Waals surface area contributed by atoms with Gasteiger partial charge in [0.15, 0.2) is 0 Å². The van der Waals surface area contributed by atoms with E-state index in [0.29, 0.717) is 12.2 Å². The minimum atomic E-state index is -0.820. The maximum Gasteiger partial charge on any atom is 0.237 e. The van der Waals surface area contributed by atoms with Crippen molar-refractivity contribution in [1.29, 1.82) is 0 Å². The van der Waals surface area contributed by atoms with Crippen molar-refractivity contribution in [3.63, 3.8) is 0 Å². The molecular formula is C13H19FN2O2. The summed E-state index contributed by atoms with van der Waals surface area (Å²) in [7, 11) is 1.68. The highest BCUT2D eigenvalue weighted by molar-refractivity contribution is 5.84. The number of benzene rings is 1. The molecular weight excluding hydrogens is 235 g/mol. The molecule has 0 spiro atoms. The molecule has 0 aromatic heterocycles. The second-order valence-electron chi connectivity index (χ2n) is 4.53. The fraction of sp³-hybridized carbons (Fsp3) is 0.462. The summed E-state index contributed by atoms with van der Waals surface area (Å²) < 4.78 is 18.3. The minimum Gasteiger partial charge on any atom is -0.491 e. The lowest BCUT2D eigenvalue weighted by molar-refractivity contribution is -0.124. The number of rotatable bonds is 6. The fourth-order valence-electron chi connectivity index (χ4n) is 1.69. The van der Waals surface area contributed by atoms with Crippen LogP contribution in [0.25, 0.3) is 0 Å². The van der Waals surface area contributed by atoms with E-state index in [1.165, 1.54) is 12.1 Å². The zero-order valence-corrected chi connectivity index (χ0v) is 10.9. The van der Waals surface area contributed by atoms with Gasteiger partial charge in [0.1, 0.15) is 11.6 Å². The van der Waals surface area contributed by atoms with Crippen LogP contribution in [-0.4, -0.2) is 24.6 Å². The zero-order chi connectivity index (χ0) is 13.8. The standard InChI is InChI=1S/C13H19FN2O2/c1-9(8-13(2,16-3)12(15)17)18-11-6-4-10(14)5-7-11/h4-7,9,16H,8H2,1-3H3,(H2,15,17). The summed E-state index contributed by atoms with van der Waals surface area (Å²) in [5.74, 6) is -0.182. The summed E-state index contributed by atoms with van der Waals surface area (Å²) in [5.41, 5.74) is 4.52. The highest BCUT2D eigenvalue weighted by Crippen LogP contribution is 2.18. The van der Waals surface area contributed by atoms with Crippen LogP contribution < -0.4 is 15.8 Å². The van der Waals surface area contributed by atoms with Crippen molar-refractivity contribution in [3.05, 3.63) is 30.1 Å². The molecule has 2 atom stereocenters. The maximum atomic E-state index is 12.7. The van der Waals surface area contributed by atoms with Crippen LogP contribution >= 0.6 is 0 Å². The summed E-state index contributed by atoms with van der Waals surface area (Å²) in [4.78, 5) is 11.3. The van der Waals surface area contributed by atoms with Crippen molar-refractivity contribution in [2.24, 2.45) is 5.73 Å². The Morgan fingerprint density at radius 3 is 2.50 bits per heavy atom. The number of hydrogen-bond donors (Lipinski definition) is 2. The van der Waals surface area contributed by atoms with E-state index < -0.39 is 11.4 Å². The number of carbonyl (C=O) groups is 1. The predicted octanol–water partition coefficient (Wildman–Crippen LogP) is 1.45. The van der Waals surface area contributed by atoms with E-state index in [-0.39, 0.29) is 11.9 Å². The Hall–Kier alpha value is -1.62. The number of primary amides is 1. The van der Waals surface area contributed by atoms with Crippen LogP contribution in [0, 0.1) is 5.82 Å². The summed E-state index contributed by atoms with van der Waals surface area (Å²) in [6, 6.07) is 5.75. The molecule has 0 aliphatic rings. The van der Waals surface area contributed by atoms with Crippen LogP contribution in [0.3, 0.4) is 0 Å². The number of nitrogens with one attached hydrogen (secondary N) is 1. The average molecular weight is 254 g/mol. The van der Waals surface area contributed by atoms with Crippen molar-refractivity contribution < 1.29 is 13.9 Å². The van der Waals surface area contributed by atoms with Crippen molar-refractivity contribution in [1.82, 2.24) is 5.32 Å². The van der Waals surface area contributed by atoms with E-state index >= 15 is 0 Å². The Bertz CT molecular complexity index is 408. The third-order valence-corrected chi connectivity index (χ3v) is 2.94. The molecule has 1 aromatic rings. The Morgan fingerprint density at radius 2 is 2.06 bits per heavy atom. The molecule has 100 valence electrons. The largest absolute Gasteiger partial charge is 0.491 e. The number of carbonyl (C=O) groups excluding carboxylic acids is 1. The molecule has 3 N–H and O–H groups in total. The third kappa shape index (κ3) is 3.70. The molecule has 0 aliphatic carbocycles. The average Bonchev–Trinajstić information content (AvgIpc) is 2.31. The first-order chi connectivity index (χ1) is 8.37. The first-order valence-corrected chi connectivity index (χ1v) is 5.78. The van der Waals surface area contributed by atoms with E-state index in [4.69, 9.17) is 10.5 Å². The molecule has 5 heteroatoms. The first kappa shape index (κ1) is 14.4. The van der Waals surface area contributed by atoms with Gasteiger partial charge in [-0.25, -0.2) is 4.39 Å². The van der Waals surface area contributed by atoms with Gasteiger partial charge in [-0.05, 0) is 45.2 Å². The maximum absolute atomic E-state index is 12.7. The minimum absolute atomic E-state index is 0.222. The summed E-state index contributed by atoms with van der Waals surface area (Å²) in [6.45, 7) is 3.56. The highest BCUT2D eigenvalue weighted by atomic mass is 19.1. The fourth-order valence-corrected chi connectivity index (χ4v) is 1.69. The quantitative estimate of drug-likeness (QED) is 0.807. The topological polar surface area (TPSA) is 64.3 Å². The van der Waals surface area contributed by atoms with Crippen molar-refractivity contribution in [2.45, 2.75) is 31.9 Å². The van der Waals surface area contributed by atoms with E-state index in [9.17, 15) is 9.18 Å². The SMILES string of the molecule is CNC(C)(CC(C)Oc1ccc(F)cc1)C(N)=O. The molecule has 1 rings (SSSR count). The first-order valence-electron chi connectivity index (χ1n) is 5.78. The summed E-state index contributed by atoms with van der Waals surface area (Å²) in [5, 5.41) is 2.89. The number of nitrogens with two attached hydrogens (primary N) is 1. The number of ether oxygens (including phenoxy) is 1. The van der Waals surface area contributed by atoms with Crippen LogP contribution in [-0.2, 0) is 4.79 Å². The predicted molar refractivity (Wildman–Crippen MR) is 67.8 cm³/mol. The molecule has 0 aliphatic heterocycles. The molecule has 2 unspecified atom stereocenters. The molecule has 0 saturated carbocycles. The normalized spacial score (nSPS) is 15.8. The molecule has 4 nitrogen and oxygen atoms in total. The lowest BCUT2D eigenvalue weighted by Gasteiger charge is -2.28. The zero-order valence-electron chi connectivity index (χ0n) is 10.9. The van der Waals surface area contributed by atoms with Gasteiger partial charge in [0.2, 0.25) is 5.91 Å². The number of halogens is 1. The van der Waals surface area contributed by atoms with Crippen molar-refractivity contribution >= 4 is 5.91 Å². The third-order valence-electron chi connectivity index (χ3n) is 2.94. The molecule has 18 heavy (non-hydrogen) atoms. The van der Waals surface area contributed by atoms with E-state index in [0.717, 1.165) is 0 Å². The van der Waals surface area contributed by atoms with Crippen molar-refractivity contribution in [2.75, 3.05) is 7.05 Å². The van der Waals surface area contributed by atoms with Crippen LogP contribution in [0.4, 0.5) is 4.39 Å². The smallest absolute Gasteiger partial charge is 0.237 e. The van der Waals surface area contributed by atoms with Gasteiger partial charge in [0.25, 0.3) is 0 Å². The number of likely N-dealkylation sites (N-methyl/N-ethyl adjacent to an activating group) is 1. The second kappa shape index (κ2) is 5.82. The molecule has 0 saturated heterocycles.